The van der Waals surface area contributed by atoms with Gasteiger partial charge in [0.15, 0.2) is 0 Å². The van der Waals surface area contributed by atoms with E-state index in [9.17, 15) is 4.39 Å². The number of hydrogen-bond donors (Lipinski definition) is 1. The second kappa shape index (κ2) is 4.38. The van der Waals surface area contributed by atoms with Crippen molar-refractivity contribution in [2.75, 3.05) is 18.9 Å². The molecule has 94 valence electrons. The van der Waals surface area contributed by atoms with E-state index in [1.165, 1.54) is 18.5 Å². The van der Waals surface area contributed by atoms with Gasteiger partial charge in [0.25, 0.3) is 0 Å². The van der Waals surface area contributed by atoms with Crippen molar-refractivity contribution in [3.8, 4) is 5.88 Å². The Labute approximate surface area is 103 Å². The maximum absolute atomic E-state index is 13.3. The summed E-state index contributed by atoms with van der Waals surface area (Å²) in [6.07, 6.45) is 2.15. The van der Waals surface area contributed by atoms with E-state index in [2.05, 4.69) is 9.97 Å². The van der Waals surface area contributed by atoms with Crippen molar-refractivity contribution in [2.45, 2.75) is 12.5 Å². The summed E-state index contributed by atoms with van der Waals surface area (Å²) in [6, 6.07) is 2.78. The first kappa shape index (κ1) is 11.2. The molecule has 0 aliphatic carbocycles. The molecule has 3 rings (SSSR count). The number of hydrogen-bond acceptors (Lipinski definition) is 5. The predicted molar refractivity (Wildman–Crippen MR) is 63.8 cm³/mol. The van der Waals surface area contributed by atoms with Gasteiger partial charge in [0.2, 0.25) is 5.88 Å². The lowest BCUT2D eigenvalue weighted by Crippen LogP contribution is -2.16. The summed E-state index contributed by atoms with van der Waals surface area (Å²) in [5.74, 6) is -0.0708. The van der Waals surface area contributed by atoms with Crippen LogP contribution in [0.3, 0.4) is 0 Å². The summed E-state index contributed by atoms with van der Waals surface area (Å²) in [7, 11) is 0. The van der Waals surface area contributed by atoms with Crippen LogP contribution >= 0.6 is 0 Å². The van der Waals surface area contributed by atoms with E-state index >= 15 is 0 Å². The summed E-state index contributed by atoms with van der Waals surface area (Å²) in [5, 5.41) is 0.614. The normalized spacial score (nSPS) is 19.3. The minimum Gasteiger partial charge on any atom is -0.471 e. The van der Waals surface area contributed by atoms with Crippen molar-refractivity contribution in [3.63, 3.8) is 0 Å². The molecule has 0 spiro atoms. The van der Waals surface area contributed by atoms with Crippen LogP contribution in [0, 0.1) is 5.82 Å². The average molecular weight is 249 g/mol. The van der Waals surface area contributed by atoms with Crippen LogP contribution in [0.15, 0.2) is 18.5 Å². The van der Waals surface area contributed by atoms with Gasteiger partial charge in [0.05, 0.1) is 29.8 Å². The molecule has 1 saturated heterocycles. The highest BCUT2D eigenvalue weighted by atomic mass is 19.1. The molecule has 2 heterocycles. The molecule has 0 radical (unpaired) electrons. The maximum atomic E-state index is 13.3. The number of fused-ring (bicyclic) bond motifs is 1. The van der Waals surface area contributed by atoms with Crippen LogP contribution in [0.25, 0.3) is 10.9 Å². The van der Waals surface area contributed by atoms with E-state index in [1.807, 2.05) is 0 Å². The van der Waals surface area contributed by atoms with Gasteiger partial charge >= 0.3 is 0 Å². The Morgan fingerprint density at radius 2 is 2.28 bits per heavy atom. The van der Waals surface area contributed by atoms with E-state index < -0.39 is 5.82 Å². The van der Waals surface area contributed by atoms with Gasteiger partial charge in [-0.2, -0.15) is 0 Å². The number of nitrogen functional groups attached to an aromatic ring is 1. The van der Waals surface area contributed by atoms with Gasteiger partial charge in [-0.05, 0) is 6.07 Å². The molecule has 1 fully saturated rings. The zero-order valence-corrected chi connectivity index (χ0v) is 9.60. The molecular weight excluding hydrogens is 237 g/mol. The van der Waals surface area contributed by atoms with Crippen molar-refractivity contribution < 1.29 is 13.9 Å². The lowest BCUT2D eigenvalue weighted by atomic mass is 10.2. The largest absolute Gasteiger partial charge is 0.471 e. The van der Waals surface area contributed by atoms with E-state index in [1.54, 1.807) is 0 Å². The maximum Gasteiger partial charge on any atom is 0.224 e. The van der Waals surface area contributed by atoms with Crippen molar-refractivity contribution in [1.29, 1.82) is 0 Å². The molecular formula is C12H12FN3O2. The quantitative estimate of drug-likeness (QED) is 0.817. The number of anilines is 1. The zero-order valence-electron chi connectivity index (χ0n) is 9.60. The molecule has 0 saturated carbocycles. The van der Waals surface area contributed by atoms with Crippen LogP contribution in [-0.2, 0) is 4.74 Å². The number of nitrogens with zero attached hydrogens (tertiary/aromatic N) is 2. The number of ether oxygens (including phenoxy) is 2. The summed E-state index contributed by atoms with van der Waals surface area (Å²) in [6.45, 7) is 1.23. The number of benzene rings is 1. The number of aromatic nitrogens is 2. The van der Waals surface area contributed by atoms with Crippen molar-refractivity contribution in [2.24, 2.45) is 0 Å². The molecule has 2 aromatic rings. The monoisotopic (exact) mass is 249 g/mol. The van der Waals surface area contributed by atoms with Gasteiger partial charge in [-0.25, -0.2) is 14.4 Å². The topological polar surface area (TPSA) is 70.3 Å². The smallest absolute Gasteiger partial charge is 0.224 e. The lowest BCUT2D eigenvalue weighted by molar-refractivity contribution is 0.139. The van der Waals surface area contributed by atoms with E-state index in [4.69, 9.17) is 15.2 Å². The average Bonchev–Trinajstić information content (AvgIpc) is 2.84. The minimum atomic E-state index is -0.489. The highest BCUT2D eigenvalue weighted by Crippen LogP contribution is 2.27. The second-order valence-electron chi connectivity index (χ2n) is 4.17. The van der Waals surface area contributed by atoms with Crippen LogP contribution in [0.4, 0.5) is 10.1 Å². The number of halogens is 1. The third kappa shape index (κ3) is 1.95. The highest BCUT2D eigenvalue weighted by molar-refractivity contribution is 5.86. The van der Waals surface area contributed by atoms with Crippen LogP contribution in [0.2, 0.25) is 0 Å². The Kier molecular flexibility index (Phi) is 2.71. The van der Waals surface area contributed by atoms with Gasteiger partial charge in [-0.1, -0.05) is 0 Å². The zero-order chi connectivity index (χ0) is 12.5. The van der Waals surface area contributed by atoms with E-state index in [0.717, 1.165) is 6.42 Å². The van der Waals surface area contributed by atoms with Crippen molar-refractivity contribution in [1.82, 2.24) is 9.97 Å². The van der Waals surface area contributed by atoms with Crippen LogP contribution in [-0.4, -0.2) is 29.3 Å². The molecule has 1 aliphatic heterocycles. The standard InChI is InChI=1S/C12H12FN3O2/c13-9-4-11-8(3-10(9)14)12(16-6-15-11)18-7-1-2-17-5-7/h3-4,6-7H,1-2,5,14H2. The molecule has 6 heteroatoms. The molecule has 0 amide bonds. The number of rotatable bonds is 2. The first-order valence-electron chi connectivity index (χ1n) is 5.68. The third-order valence-corrected chi connectivity index (χ3v) is 2.88. The van der Waals surface area contributed by atoms with Crippen LogP contribution < -0.4 is 10.5 Å². The molecule has 1 unspecified atom stereocenters. The van der Waals surface area contributed by atoms with Crippen LogP contribution in [0.5, 0.6) is 5.88 Å². The van der Waals surface area contributed by atoms with Gasteiger partial charge in [0, 0.05) is 12.5 Å². The Bertz CT molecular complexity index is 585. The first-order chi connectivity index (χ1) is 8.74. The molecule has 18 heavy (non-hydrogen) atoms. The Morgan fingerprint density at radius 3 is 3.06 bits per heavy atom. The molecule has 5 nitrogen and oxygen atoms in total. The van der Waals surface area contributed by atoms with E-state index in [0.29, 0.717) is 30.0 Å². The molecule has 1 aromatic carbocycles. The van der Waals surface area contributed by atoms with Gasteiger partial charge in [0.1, 0.15) is 18.2 Å². The van der Waals surface area contributed by atoms with Gasteiger partial charge < -0.3 is 15.2 Å². The summed E-state index contributed by atoms with van der Waals surface area (Å²) < 4.78 is 24.3. The number of nitrogens with two attached hydrogens (primary N) is 1. The second-order valence-corrected chi connectivity index (χ2v) is 4.17. The minimum absolute atomic E-state index is 0.0191. The fourth-order valence-electron chi connectivity index (χ4n) is 1.93. The Balaban J connectivity index is 2.02. The molecule has 1 atom stereocenters. The van der Waals surface area contributed by atoms with Crippen molar-refractivity contribution >= 4 is 16.6 Å². The fourth-order valence-corrected chi connectivity index (χ4v) is 1.93. The summed E-state index contributed by atoms with van der Waals surface area (Å²) >= 11 is 0. The lowest BCUT2D eigenvalue weighted by Gasteiger charge is -2.12. The molecule has 0 bridgehead atoms. The molecule has 1 aromatic heterocycles. The van der Waals surface area contributed by atoms with Gasteiger partial charge in [-0.3, -0.25) is 0 Å². The third-order valence-electron chi connectivity index (χ3n) is 2.88. The Hall–Kier alpha value is -1.95. The highest BCUT2D eigenvalue weighted by Gasteiger charge is 2.19. The summed E-state index contributed by atoms with van der Waals surface area (Å²) in [5.41, 5.74) is 6.09. The SMILES string of the molecule is Nc1cc2c(OC3CCOC3)ncnc2cc1F. The first-order valence-corrected chi connectivity index (χ1v) is 5.68. The predicted octanol–water partition coefficient (Wildman–Crippen LogP) is 1.52. The Morgan fingerprint density at radius 1 is 1.39 bits per heavy atom. The molecule has 1 aliphatic rings. The van der Waals surface area contributed by atoms with Gasteiger partial charge in [-0.15, -0.1) is 0 Å². The summed E-state index contributed by atoms with van der Waals surface area (Å²) in [4.78, 5) is 8.07. The van der Waals surface area contributed by atoms with Crippen LogP contribution in [0.1, 0.15) is 6.42 Å². The fraction of sp³-hybridized carbons (Fsp3) is 0.333. The van der Waals surface area contributed by atoms with Crippen molar-refractivity contribution in [3.05, 3.63) is 24.3 Å². The molecule has 2 N–H and O–H groups in total. The van der Waals surface area contributed by atoms with E-state index in [-0.39, 0.29) is 11.8 Å².